The molecular formula is C18H8F26N2O2. The fraction of sp³-hybridized carbons (Fsp3) is 0.889. The van der Waals surface area contributed by atoms with Gasteiger partial charge in [0.1, 0.15) is 0 Å². The van der Waals surface area contributed by atoms with Gasteiger partial charge in [-0.25, -0.2) is 0 Å². The van der Waals surface area contributed by atoms with Gasteiger partial charge in [0.05, 0.1) is 0 Å². The van der Waals surface area contributed by atoms with Crippen molar-refractivity contribution in [3.05, 3.63) is 0 Å². The summed E-state index contributed by atoms with van der Waals surface area (Å²) in [5.41, 5.74) is 0. The predicted octanol–water partition coefficient (Wildman–Crippen LogP) is 7.13. The molecule has 1 aliphatic heterocycles. The monoisotopic (exact) mass is 778 g/mol. The van der Waals surface area contributed by atoms with E-state index in [1.54, 1.807) is 0 Å². The number of carbonyl (C=O) groups is 2. The molecule has 30 heteroatoms. The smallest absolute Gasteiger partial charge is 0.334 e. The van der Waals surface area contributed by atoms with E-state index in [9.17, 15) is 124 Å². The second-order valence-electron chi connectivity index (χ2n) is 9.32. The second-order valence-corrected chi connectivity index (χ2v) is 9.32. The van der Waals surface area contributed by atoms with Crippen molar-refractivity contribution >= 4 is 11.8 Å². The Balaban J connectivity index is 3.36. The van der Waals surface area contributed by atoms with Gasteiger partial charge in [0, 0.05) is 26.2 Å². The summed E-state index contributed by atoms with van der Waals surface area (Å²) in [6, 6.07) is 0. The lowest BCUT2D eigenvalue weighted by molar-refractivity contribution is -0.436. The molecule has 1 fully saturated rings. The molecule has 284 valence electrons. The maximum Gasteiger partial charge on any atom is 0.460 e. The minimum absolute atomic E-state index is 1.10. The first-order valence-corrected chi connectivity index (χ1v) is 11.0. The first kappa shape index (κ1) is 43.1. The molecule has 4 nitrogen and oxygen atoms in total. The Morgan fingerprint density at radius 3 is 0.625 bits per heavy atom. The molecule has 1 heterocycles. The van der Waals surface area contributed by atoms with E-state index in [-0.39, 0.29) is 0 Å². The van der Waals surface area contributed by atoms with Crippen LogP contribution in [0.2, 0.25) is 0 Å². The van der Waals surface area contributed by atoms with Crippen molar-refractivity contribution in [2.75, 3.05) is 26.2 Å². The zero-order valence-corrected chi connectivity index (χ0v) is 21.4. The minimum Gasteiger partial charge on any atom is -0.334 e. The summed E-state index contributed by atoms with van der Waals surface area (Å²) in [5, 5.41) is 0. The topological polar surface area (TPSA) is 40.6 Å². The van der Waals surface area contributed by atoms with Crippen LogP contribution in [0.4, 0.5) is 114 Å². The molecule has 0 aliphatic carbocycles. The summed E-state index contributed by atoms with van der Waals surface area (Å²) in [7, 11) is 0. The Kier molecular flexibility index (Phi) is 10.2. The molecule has 0 N–H and O–H groups in total. The number of rotatable bonds is 10. The number of carbonyl (C=O) groups excluding carboxylic acids is 2. The summed E-state index contributed by atoms with van der Waals surface area (Å²) < 4.78 is 343. The van der Waals surface area contributed by atoms with Crippen molar-refractivity contribution in [3.63, 3.8) is 0 Å². The Morgan fingerprint density at radius 2 is 0.458 bits per heavy atom. The van der Waals surface area contributed by atoms with Crippen LogP contribution in [-0.2, 0) is 9.59 Å². The number of halogens is 26. The molecule has 0 bridgehead atoms. The van der Waals surface area contributed by atoms with Gasteiger partial charge in [-0.1, -0.05) is 0 Å². The average molecular weight is 778 g/mol. The molecule has 0 aromatic carbocycles. The van der Waals surface area contributed by atoms with Crippen molar-refractivity contribution in [1.29, 1.82) is 0 Å². The van der Waals surface area contributed by atoms with Crippen LogP contribution in [0.1, 0.15) is 0 Å². The first-order valence-electron chi connectivity index (χ1n) is 11.0. The maximum absolute atomic E-state index is 14.0. The van der Waals surface area contributed by atoms with E-state index in [1.807, 2.05) is 0 Å². The largest absolute Gasteiger partial charge is 0.460 e. The quantitative estimate of drug-likeness (QED) is 0.222. The van der Waals surface area contributed by atoms with E-state index in [1.165, 1.54) is 0 Å². The van der Waals surface area contributed by atoms with Gasteiger partial charge in [0.2, 0.25) is 0 Å². The number of hydrogen-bond acceptors (Lipinski definition) is 2. The van der Waals surface area contributed by atoms with E-state index in [4.69, 9.17) is 0 Å². The van der Waals surface area contributed by atoms with E-state index >= 15 is 0 Å². The number of amides is 2. The standard InChI is InChI=1S/C18H8F26N2O2/c19-7(20,9(23,24)11(27,28)13(31,32)15(35,36)17(39,40)41)5(47)45-1-2-46(4-3-45)6(48)8(21,22)10(25,26)12(29,30)14(33,34)16(37,38)18(42,43)44/h1-4H2. The van der Waals surface area contributed by atoms with E-state index in [0.717, 1.165) is 0 Å². The molecule has 1 aliphatic rings. The van der Waals surface area contributed by atoms with Crippen molar-refractivity contribution in [3.8, 4) is 0 Å². The van der Waals surface area contributed by atoms with Gasteiger partial charge in [0.15, 0.2) is 0 Å². The fourth-order valence-corrected chi connectivity index (χ4v) is 3.32. The summed E-state index contributed by atoms with van der Waals surface area (Å²) >= 11 is 0. The molecule has 1 rings (SSSR count). The van der Waals surface area contributed by atoms with Crippen LogP contribution in [0, 0.1) is 0 Å². The number of hydrogen-bond donors (Lipinski definition) is 0. The maximum atomic E-state index is 14.0. The van der Waals surface area contributed by atoms with Crippen LogP contribution in [0.15, 0.2) is 0 Å². The average Bonchev–Trinajstić information content (AvgIpc) is 2.89. The second kappa shape index (κ2) is 11.3. The molecule has 0 radical (unpaired) electrons. The molecule has 0 spiro atoms. The molecular weight excluding hydrogens is 770 g/mol. The third-order valence-corrected chi connectivity index (χ3v) is 6.26. The SMILES string of the molecule is O=C(N1CCN(C(=O)C(F)(F)C(F)(F)C(F)(F)C(F)(F)C(F)(F)C(F)(F)F)CC1)C(F)(F)C(F)(F)C(F)(F)C(F)(F)C(F)(F)C(F)(F)F. The Labute approximate surface area is 244 Å². The molecule has 2 amide bonds. The summed E-state index contributed by atoms with van der Waals surface area (Å²) in [6.45, 7) is -8.73. The summed E-state index contributed by atoms with van der Waals surface area (Å²) in [6.07, 6.45) is -15.7. The van der Waals surface area contributed by atoms with Crippen molar-refractivity contribution in [1.82, 2.24) is 9.80 Å². The van der Waals surface area contributed by atoms with Gasteiger partial charge < -0.3 is 9.80 Å². The lowest BCUT2D eigenvalue weighted by Crippen LogP contribution is -2.73. The predicted molar refractivity (Wildman–Crippen MR) is 94.7 cm³/mol. The lowest BCUT2D eigenvalue weighted by atomic mass is 9.93. The molecule has 0 unspecified atom stereocenters. The van der Waals surface area contributed by atoms with Gasteiger partial charge >= 0.3 is 71.6 Å². The van der Waals surface area contributed by atoms with Gasteiger partial charge in [-0.05, 0) is 0 Å². The number of piperazine rings is 1. The number of nitrogens with zero attached hydrogens (tertiary/aromatic N) is 2. The fourth-order valence-electron chi connectivity index (χ4n) is 3.32. The van der Waals surface area contributed by atoms with Gasteiger partial charge in [-0.3, -0.25) is 9.59 Å². The first-order chi connectivity index (χ1) is 20.5. The van der Waals surface area contributed by atoms with Gasteiger partial charge in [-0.15, -0.1) is 0 Å². The van der Waals surface area contributed by atoms with Crippen LogP contribution in [-0.4, -0.2) is 119 Å². The zero-order chi connectivity index (χ0) is 39.1. The number of alkyl halides is 26. The highest BCUT2D eigenvalue weighted by Gasteiger charge is 2.93. The van der Waals surface area contributed by atoms with Crippen molar-refractivity contribution < 1.29 is 124 Å². The van der Waals surface area contributed by atoms with Crippen LogP contribution >= 0.6 is 0 Å². The van der Waals surface area contributed by atoms with Gasteiger partial charge in [-0.2, -0.15) is 114 Å². The Bertz CT molecular complexity index is 1130. The lowest BCUT2D eigenvalue weighted by Gasteiger charge is -2.43. The molecule has 0 aromatic heterocycles. The van der Waals surface area contributed by atoms with Crippen LogP contribution in [0.5, 0.6) is 0 Å². The van der Waals surface area contributed by atoms with Crippen LogP contribution in [0.3, 0.4) is 0 Å². The highest BCUT2D eigenvalue weighted by molar-refractivity contribution is 5.87. The van der Waals surface area contributed by atoms with Crippen molar-refractivity contribution in [2.24, 2.45) is 0 Å². The van der Waals surface area contributed by atoms with E-state index in [2.05, 4.69) is 0 Å². The Morgan fingerprint density at radius 1 is 0.292 bits per heavy atom. The molecule has 48 heavy (non-hydrogen) atoms. The zero-order valence-electron chi connectivity index (χ0n) is 21.4. The van der Waals surface area contributed by atoms with E-state index in [0.29, 0.717) is 0 Å². The third kappa shape index (κ3) is 5.58. The molecule has 1 saturated heterocycles. The normalized spacial score (nSPS) is 18.0. The minimum atomic E-state index is -8.50. The highest BCUT2D eigenvalue weighted by atomic mass is 19.4. The molecule has 0 atom stereocenters. The van der Waals surface area contributed by atoms with Gasteiger partial charge in [0.25, 0.3) is 11.8 Å². The van der Waals surface area contributed by atoms with Crippen molar-refractivity contribution in [2.45, 2.75) is 71.6 Å². The summed E-state index contributed by atoms with van der Waals surface area (Å²) in [4.78, 5) is 21.3. The highest BCUT2D eigenvalue weighted by Crippen LogP contribution is 2.62. The molecule has 0 aromatic rings. The van der Waals surface area contributed by atoms with E-state index < -0.39 is 119 Å². The summed E-state index contributed by atoms with van der Waals surface area (Å²) in [5.74, 6) is -89.7. The van der Waals surface area contributed by atoms with Crippen LogP contribution in [0.25, 0.3) is 0 Å². The molecule has 0 saturated carbocycles. The third-order valence-electron chi connectivity index (χ3n) is 6.26. The van der Waals surface area contributed by atoms with Crippen LogP contribution < -0.4 is 0 Å². The Hall–Kier alpha value is -2.88.